The first-order valence-corrected chi connectivity index (χ1v) is 6.11. The van der Waals surface area contributed by atoms with Gasteiger partial charge in [-0.15, -0.1) is 0 Å². The summed E-state index contributed by atoms with van der Waals surface area (Å²) >= 11 is 3.12. The van der Waals surface area contributed by atoms with Crippen LogP contribution >= 0.6 is 15.9 Å². The average Bonchev–Trinajstić information content (AvgIpc) is 2.28. The van der Waals surface area contributed by atoms with Crippen LogP contribution in [0.1, 0.15) is 24.2 Å². The normalized spacial score (nSPS) is 12.3. The van der Waals surface area contributed by atoms with Gasteiger partial charge in [0.25, 0.3) is 5.91 Å². The van der Waals surface area contributed by atoms with Crippen molar-refractivity contribution in [2.45, 2.75) is 19.9 Å². The van der Waals surface area contributed by atoms with E-state index in [4.69, 9.17) is 5.11 Å². The van der Waals surface area contributed by atoms with E-state index in [1.165, 1.54) is 12.1 Å². The van der Waals surface area contributed by atoms with Crippen molar-refractivity contribution in [3.05, 3.63) is 34.1 Å². The zero-order chi connectivity index (χ0) is 13.9. The Morgan fingerprint density at radius 2 is 2.00 bits per heavy atom. The number of aliphatic carboxylic acids is 1. The van der Waals surface area contributed by atoms with Crippen molar-refractivity contribution in [3.63, 3.8) is 0 Å². The van der Waals surface area contributed by atoms with E-state index in [9.17, 15) is 14.0 Å². The molecule has 4 nitrogen and oxygen atoms in total. The molecule has 1 rings (SSSR count). The van der Waals surface area contributed by atoms with E-state index in [1.54, 1.807) is 13.8 Å². The summed E-state index contributed by atoms with van der Waals surface area (Å²) in [5.74, 6) is -2.56. The van der Waals surface area contributed by atoms with E-state index in [1.807, 2.05) is 0 Å². The molecular weight excluding hydrogens is 305 g/mol. The first kappa shape index (κ1) is 14.6. The summed E-state index contributed by atoms with van der Waals surface area (Å²) in [6.45, 7) is 3.36. The lowest BCUT2D eigenvalue weighted by molar-refractivity contribution is -0.140. The van der Waals surface area contributed by atoms with Crippen molar-refractivity contribution in [3.8, 4) is 0 Å². The van der Waals surface area contributed by atoms with Crippen LogP contribution in [-0.4, -0.2) is 23.0 Å². The zero-order valence-corrected chi connectivity index (χ0v) is 11.5. The SMILES string of the molecule is CC(C)C(NC(=O)c1cc(F)ccc1Br)C(=O)O. The van der Waals surface area contributed by atoms with E-state index in [-0.39, 0.29) is 11.5 Å². The monoisotopic (exact) mass is 317 g/mol. The second-order valence-electron chi connectivity index (χ2n) is 4.16. The van der Waals surface area contributed by atoms with Gasteiger partial charge in [0.1, 0.15) is 11.9 Å². The Hall–Kier alpha value is -1.43. The van der Waals surface area contributed by atoms with Crippen molar-refractivity contribution >= 4 is 27.8 Å². The quantitative estimate of drug-likeness (QED) is 0.896. The highest BCUT2D eigenvalue weighted by Crippen LogP contribution is 2.18. The van der Waals surface area contributed by atoms with Gasteiger partial charge < -0.3 is 10.4 Å². The highest BCUT2D eigenvalue weighted by atomic mass is 79.9. The molecular formula is C12H13BrFNO3. The Morgan fingerprint density at radius 1 is 1.39 bits per heavy atom. The van der Waals surface area contributed by atoms with E-state index in [0.29, 0.717) is 4.47 Å². The van der Waals surface area contributed by atoms with Crippen LogP contribution in [0.15, 0.2) is 22.7 Å². The molecule has 98 valence electrons. The molecule has 1 amide bonds. The van der Waals surface area contributed by atoms with Crippen LogP contribution in [0, 0.1) is 11.7 Å². The minimum Gasteiger partial charge on any atom is -0.480 e. The zero-order valence-electron chi connectivity index (χ0n) is 9.91. The summed E-state index contributed by atoms with van der Waals surface area (Å²) in [5, 5.41) is 11.3. The Kier molecular flexibility index (Phi) is 4.84. The van der Waals surface area contributed by atoms with Gasteiger partial charge in [0.2, 0.25) is 0 Å². The largest absolute Gasteiger partial charge is 0.480 e. The number of carbonyl (C=O) groups excluding carboxylic acids is 1. The molecule has 0 saturated carbocycles. The van der Waals surface area contributed by atoms with Crippen molar-refractivity contribution in [1.82, 2.24) is 5.32 Å². The summed E-state index contributed by atoms with van der Waals surface area (Å²) in [4.78, 5) is 22.8. The maximum absolute atomic E-state index is 13.0. The number of hydrogen-bond donors (Lipinski definition) is 2. The molecule has 0 aliphatic heterocycles. The molecule has 6 heteroatoms. The van der Waals surface area contributed by atoms with Crippen LogP contribution in [0.2, 0.25) is 0 Å². The molecule has 0 radical (unpaired) electrons. The molecule has 0 aromatic heterocycles. The third-order valence-electron chi connectivity index (χ3n) is 2.39. The lowest BCUT2D eigenvalue weighted by Gasteiger charge is -2.18. The second-order valence-corrected chi connectivity index (χ2v) is 5.01. The predicted octanol–water partition coefficient (Wildman–Crippen LogP) is 2.43. The fourth-order valence-corrected chi connectivity index (χ4v) is 1.83. The molecule has 0 aliphatic rings. The fraction of sp³-hybridized carbons (Fsp3) is 0.333. The molecule has 0 saturated heterocycles. The summed E-state index contributed by atoms with van der Waals surface area (Å²) < 4.78 is 13.5. The molecule has 0 fully saturated rings. The Labute approximate surface area is 112 Å². The molecule has 2 N–H and O–H groups in total. The Morgan fingerprint density at radius 3 is 2.50 bits per heavy atom. The standard InChI is InChI=1S/C12H13BrFNO3/c1-6(2)10(12(17)18)15-11(16)8-5-7(14)3-4-9(8)13/h3-6,10H,1-2H3,(H,15,16)(H,17,18). The number of carboxylic acids is 1. The number of halogens is 2. The van der Waals surface area contributed by atoms with E-state index in [2.05, 4.69) is 21.2 Å². The lowest BCUT2D eigenvalue weighted by Crippen LogP contribution is -2.44. The van der Waals surface area contributed by atoms with E-state index < -0.39 is 23.7 Å². The molecule has 0 aliphatic carbocycles. The smallest absolute Gasteiger partial charge is 0.326 e. The molecule has 1 aromatic carbocycles. The van der Waals surface area contributed by atoms with Gasteiger partial charge in [0, 0.05) is 4.47 Å². The van der Waals surface area contributed by atoms with Crippen molar-refractivity contribution < 1.29 is 19.1 Å². The van der Waals surface area contributed by atoms with Gasteiger partial charge in [-0.05, 0) is 40.0 Å². The van der Waals surface area contributed by atoms with Crippen molar-refractivity contribution in [2.24, 2.45) is 5.92 Å². The lowest BCUT2D eigenvalue weighted by atomic mass is 10.0. The summed E-state index contributed by atoms with van der Waals surface area (Å²) in [6, 6.07) is 2.65. The molecule has 0 heterocycles. The second kappa shape index (κ2) is 5.95. The number of hydrogen-bond acceptors (Lipinski definition) is 2. The van der Waals surface area contributed by atoms with E-state index in [0.717, 1.165) is 6.07 Å². The van der Waals surface area contributed by atoms with Gasteiger partial charge in [0.05, 0.1) is 5.56 Å². The first-order chi connectivity index (χ1) is 8.32. The maximum Gasteiger partial charge on any atom is 0.326 e. The highest BCUT2D eigenvalue weighted by Gasteiger charge is 2.24. The summed E-state index contributed by atoms with van der Waals surface area (Å²) in [7, 11) is 0. The number of benzene rings is 1. The minimum absolute atomic E-state index is 0.0712. The van der Waals surface area contributed by atoms with E-state index >= 15 is 0 Å². The first-order valence-electron chi connectivity index (χ1n) is 5.31. The van der Waals surface area contributed by atoms with Crippen molar-refractivity contribution in [1.29, 1.82) is 0 Å². The molecule has 0 bridgehead atoms. The Balaban J connectivity index is 2.94. The fourth-order valence-electron chi connectivity index (χ4n) is 1.40. The van der Waals surface area contributed by atoms with Gasteiger partial charge in [-0.3, -0.25) is 4.79 Å². The van der Waals surface area contributed by atoms with Crippen molar-refractivity contribution in [2.75, 3.05) is 0 Å². The van der Waals surface area contributed by atoms with Crippen LogP contribution in [-0.2, 0) is 4.79 Å². The van der Waals surface area contributed by atoms with Crippen LogP contribution in [0.4, 0.5) is 4.39 Å². The molecule has 18 heavy (non-hydrogen) atoms. The van der Waals surface area contributed by atoms with Gasteiger partial charge in [-0.2, -0.15) is 0 Å². The summed E-state index contributed by atoms with van der Waals surface area (Å²) in [6.07, 6.45) is 0. The number of carboxylic acid groups (broad SMARTS) is 1. The number of carbonyl (C=O) groups is 2. The number of rotatable bonds is 4. The summed E-state index contributed by atoms with van der Waals surface area (Å²) in [5.41, 5.74) is 0.0712. The third-order valence-corrected chi connectivity index (χ3v) is 3.08. The topological polar surface area (TPSA) is 66.4 Å². The van der Waals surface area contributed by atoms with Crippen LogP contribution in [0.5, 0.6) is 0 Å². The number of nitrogens with one attached hydrogen (secondary N) is 1. The number of amides is 1. The molecule has 1 atom stereocenters. The predicted molar refractivity (Wildman–Crippen MR) is 67.8 cm³/mol. The van der Waals surface area contributed by atoms with Gasteiger partial charge in [0.15, 0.2) is 0 Å². The molecule has 1 unspecified atom stereocenters. The molecule has 1 aromatic rings. The van der Waals surface area contributed by atoms with Crippen LogP contribution in [0.25, 0.3) is 0 Å². The third kappa shape index (κ3) is 3.53. The van der Waals surface area contributed by atoms with Crippen LogP contribution in [0.3, 0.4) is 0 Å². The maximum atomic E-state index is 13.0. The average molecular weight is 318 g/mol. The van der Waals surface area contributed by atoms with Crippen LogP contribution < -0.4 is 5.32 Å². The molecule has 0 spiro atoms. The highest BCUT2D eigenvalue weighted by molar-refractivity contribution is 9.10. The van der Waals surface area contributed by atoms with Gasteiger partial charge >= 0.3 is 5.97 Å². The minimum atomic E-state index is -1.12. The Bertz CT molecular complexity index is 476. The van der Waals surface area contributed by atoms with Gasteiger partial charge in [-0.25, -0.2) is 9.18 Å². The van der Waals surface area contributed by atoms with Gasteiger partial charge in [-0.1, -0.05) is 13.8 Å².